The normalized spacial score (nSPS) is 14.5. The highest BCUT2D eigenvalue weighted by molar-refractivity contribution is 7.99. The molecule has 9 heteroatoms. The first-order chi connectivity index (χ1) is 19.3. The molecule has 0 unspecified atom stereocenters. The minimum Gasteiger partial charge on any atom is -0.352 e. The molecule has 1 N–H and O–H groups in total. The van der Waals surface area contributed by atoms with Crippen molar-refractivity contribution in [3.8, 4) is 0 Å². The molecular weight excluding hydrogens is 590 g/mol. The highest BCUT2D eigenvalue weighted by atomic mass is 35.5. The highest BCUT2D eigenvalue weighted by Crippen LogP contribution is 2.27. The lowest BCUT2D eigenvalue weighted by Crippen LogP contribution is -2.53. The minimum atomic E-state index is -0.746. The zero-order valence-corrected chi connectivity index (χ0v) is 25.1. The Morgan fingerprint density at radius 1 is 0.900 bits per heavy atom. The van der Waals surface area contributed by atoms with Gasteiger partial charge in [0.05, 0.1) is 15.8 Å². The van der Waals surface area contributed by atoms with Crippen LogP contribution in [-0.4, -0.2) is 34.6 Å². The molecule has 1 atom stereocenters. The summed E-state index contributed by atoms with van der Waals surface area (Å²) in [5.74, 6) is -0.535. The molecule has 0 heterocycles. The zero-order valence-electron chi connectivity index (χ0n) is 22.1. The second kappa shape index (κ2) is 15.1. The average molecular weight is 622 g/mol. The molecule has 0 aromatic heterocycles. The summed E-state index contributed by atoms with van der Waals surface area (Å²) >= 11 is 19.9. The summed E-state index contributed by atoms with van der Waals surface area (Å²) < 4.78 is 14.3. The standard InChI is InChI=1S/C31H32Cl3FN2O2S/c32-25-12-7-13-28(35)24(25)19-40-20-30(38)37(18-22-14-15-26(33)27(34)16-22)29(17-21-8-3-1-4-9-21)31(39)36-23-10-5-2-6-11-23/h1,3-4,7-9,12-16,23,29H,2,5-6,10-11,17-20H2,(H,36,39)/t29-/m0/s1. The molecule has 1 aliphatic carbocycles. The molecule has 0 aliphatic heterocycles. The maximum atomic E-state index is 14.3. The molecule has 3 aromatic rings. The largest absolute Gasteiger partial charge is 0.352 e. The van der Waals surface area contributed by atoms with E-state index in [0.717, 1.165) is 36.8 Å². The lowest BCUT2D eigenvalue weighted by molar-refractivity contribution is -0.139. The van der Waals surface area contributed by atoms with Crippen molar-refractivity contribution >= 4 is 58.4 Å². The number of benzene rings is 3. The number of amides is 2. The van der Waals surface area contributed by atoms with Crippen molar-refractivity contribution in [2.75, 3.05) is 5.75 Å². The molecule has 0 spiro atoms. The Bertz CT molecular complexity index is 1280. The third-order valence-corrected chi connectivity index (χ3v) is 9.13. The van der Waals surface area contributed by atoms with Crippen LogP contribution in [0.1, 0.15) is 48.8 Å². The second-order valence-electron chi connectivity index (χ2n) is 10.0. The van der Waals surface area contributed by atoms with E-state index in [0.29, 0.717) is 27.1 Å². The van der Waals surface area contributed by atoms with Gasteiger partial charge in [0.1, 0.15) is 11.9 Å². The first kappa shape index (κ1) is 30.7. The number of halogens is 4. The van der Waals surface area contributed by atoms with E-state index in [9.17, 15) is 14.0 Å². The van der Waals surface area contributed by atoms with E-state index in [4.69, 9.17) is 34.8 Å². The first-order valence-corrected chi connectivity index (χ1v) is 15.7. The van der Waals surface area contributed by atoms with Crippen LogP contribution in [0.3, 0.4) is 0 Å². The molecule has 0 saturated heterocycles. The van der Waals surface area contributed by atoms with Gasteiger partial charge in [-0.15, -0.1) is 11.8 Å². The quantitative estimate of drug-likeness (QED) is 0.235. The van der Waals surface area contributed by atoms with Crippen molar-refractivity contribution in [1.82, 2.24) is 10.2 Å². The van der Waals surface area contributed by atoms with Crippen molar-refractivity contribution < 1.29 is 14.0 Å². The van der Waals surface area contributed by atoms with Gasteiger partial charge in [0.2, 0.25) is 11.8 Å². The van der Waals surface area contributed by atoms with Gasteiger partial charge in [-0.25, -0.2) is 4.39 Å². The van der Waals surface area contributed by atoms with Crippen LogP contribution in [0.2, 0.25) is 15.1 Å². The fraction of sp³-hybridized carbons (Fsp3) is 0.355. The SMILES string of the molecule is O=C(NC1CCCCC1)[C@H](Cc1ccccc1)N(Cc1ccc(Cl)c(Cl)c1)C(=O)CSCc1c(F)cccc1Cl. The van der Waals surface area contributed by atoms with E-state index >= 15 is 0 Å². The third kappa shape index (κ3) is 8.62. The molecule has 40 heavy (non-hydrogen) atoms. The second-order valence-corrected chi connectivity index (χ2v) is 12.2. The monoisotopic (exact) mass is 620 g/mol. The Hall–Kier alpha value is -2.25. The molecule has 4 rings (SSSR count). The number of hydrogen-bond donors (Lipinski definition) is 1. The maximum absolute atomic E-state index is 14.3. The average Bonchev–Trinajstić information content (AvgIpc) is 2.95. The minimum absolute atomic E-state index is 0.0496. The van der Waals surface area contributed by atoms with E-state index in [-0.39, 0.29) is 35.9 Å². The van der Waals surface area contributed by atoms with Crippen LogP contribution in [0.15, 0.2) is 66.7 Å². The molecule has 1 fully saturated rings. The molecule has 0 radical (unpaired) electrons. The van der Waals surface area contributed by atoms with Gasteiger partial charge in [-0.05, 0) is 48.2 Å². The van der Waals surface area contributed by atoms with Gasteiger partial charge in [0.25, 0.3) is 0 Å². The smallest absolute Gasteiger partial charge is 0.243 e. The van der Waals surface area contributed by atoms with Crippen molar-refractivity contribution in [1.29, 1.82) is 0 Å². The van der Waals surface area contributed by atoms with E-state index in [1.807, 2.05) is 30.3 Å². The fourth-order valence-electron chi connectivity index (χ4n) is 4.93. The fourth-order valence-corrected chi connectivity index (χ4v) is 6.50. The van der Waals surface area contributed by atoms with E-state index in [1.54, 1.807) is 35.2 Å². The van der Waals surface area contributed by atoms with Gasteiger partial charge in [-0.1, -0.05) is 96.5 Å². The number of rotatable bonds is 11. The van der Waals surface area contributed by atoms with E-state index < -0.39 is 11.9 Å². The summed E-state index contributed by atoms with van der Waals surface area (Å²) in [6.45, 7) is 0.173. The Morgan fingerprint density at radius 3 is 2.35 bits per heavy atom. The summed E-state index contributed by atoms with van der Waals surface area (Å²) in [6, 6.07) is 18.8. The number of carbonyl (C=O) groups excluding carboxylic acids is 2. The van der Waals surface area contributed by atoms with Crippen molar-refractivity contribution in [3.05, 3.63) is 104 Å². The number of nitrogens with zero attached hydrogens (tertiary/aromatic N) is 1. The lowest BCUT2D eigenvalue weighted by atomic mass is 9.94. The van der Waals surface area contributed by atoms with Crippen LogP contribution < -0.4 is 5.32 Å². The number of thioether (sulfide) groups is 1. The molecule has 3 aromatic carbocycles. The van der Waals surface area contributed by atoms with E-state index in [1.165, 1.54) is 24.2 Å². The summed E-state index contributed by atoms with van der Waals surface area (Å²) in [6.07, 6.45) is 5.56. The van der Waals surface area contributed by atoms with Crippen LogP contribution in [0.4, 0.5) is 4.39 Å². The number of carbonyl (C=O) groups is 2. The topological polar surface area (TPSA) is 49.4 Å². The Balaban J connectivity index is 1.60. The van der Waals surface area contributed by atoms with Gasteiger partial charge in [-0.3, -0.25) is 9.59 Å². The van der Waals surface area contributed by atoms with Gasteiger partial charge in [-0.2, -0.15) is 0 Å². The third-order valence-electron chi connectivity index (χ3n) is 7.09. The highest BCUT2D eigenvalue weighted by Gasteiger charge is 2.32. The number of nitrogens with one attached hydrogen (secondary N) is 1. The van der Waals surface area contributed by atoms with Gasteiger partial charge in [0, 0.05) is 35.3 Å². The lowest BCUT2D eigenvalue weighted by Gasteiger charge is -2.33. The van der Waals surface area contributed by atoms with Crippen LogP contribution in [0.5, 0.6) is 0 Å². The molecule has 0 bridgehead atoms. The molecule has 4 nitrogen and oxygen atoms in total. The molecular formula is C31H32Cl3FN2O2S. The molecule has 2 amide bonds. The van der Waals surface area contributed by atoms with Gasteiger partial charge >= 0.3 is 0 Å². The number of hydrogen-bond acceptors (Lipinski definition) is 3. The van der Waals surface area contributed by atoms with E-state index in [2.05, 4.69) is 5.32 Å². The van der Waals surface area contributed by atoms with Crippen molar-refractivity contribution in [3.63, 3.8) is 0 Å². The van der Waals surface area contributed by atoms with Crippen molar-refractivity contribution in [2.45, 2.75) is 62.9 Å². The van der Waals surface area contributed by atoms with Gasteiger partial charge in [0.15, 0.2) is 0 Å². The summed E-state index contributed by atoms with van der Waals surface area (Å²) in [4.78, 5) is 29.3. The Morgan fingerprint density at radius 2 is 1.65 bits per heavy atom. The summed E-state index contributed by atoms with van der Waals surface area (Å²) in [5.41, 5.74) is 2.06. The van der Waals surface area contributed by atoms with Crippen LogP contribution in [0, 0.1) is 5.82 Å². The maximum Gasteiger partial charge on any atom is 0.243 e. The predicted octanol–water partition coefficient (Wildman–Crippen LogP) is 8.11. The van der Waals surface area contributed by atoms with Crippen LogP contribution >= 0.6 is 46.6 Å². The zero-order chi connectivity index (χ0) is 28.5. The Labute approximate surface area is 254 Å². The van der Waals surface area contributed by atoms with Crippen LogP contribution in [0.25, 0.3) is 0 Å². The van der Waals surface area contributed by atoms with Gasteiger partial charge < -0.3 is 10.2 Å². The molecule has 1 saturated carbocycles. The molecule has 212 valence electrons. The van der Waals surface area contributed by atoms with Crippen LogP contribution in [-0.2, 0) is 28.3 Å². The molecule has 1 aliphatic rings. The van der Waals surface area contributed by atoms with Crippen molar-refractivity contribution in [2.24, 2.45) is 0 Å². The predicted molar refractivity (Wildman–Crippen MR) is 164 cm³/mol. The summed E-state index contributed by atoms with van der Waals surface area (Å²) in [7, 11) is 0. The Kier molecular flexibility index (Phi) is 11.6. The first-order valence-electron chi connectivity index (χ1n) is 13.4. The summed E-state index contributed by atoms with van der Waals surface area (Å²) in [5, 5.41) is 4.33.